The predicted octanol–water partition coefficient (Wildman–Crippen LogP) is 3.49. The number of rotatable bonds is 1. The van der Waals surface area contributed by atoms with Gasteiger partial charge in [0.25, 0.3) is 0 Å². The number of alkyl halides is 3. The highest BCUT2D eigenvalue weighted by atomic mass is 19.4. The number of anilines is 1. The molecule has 1 aliphatic heterocycles. The minimum Gasteiger partial charge on any atom is -0.274 e. The SMILES string of the molecule is O=C1[C@@H]2C3CCC(C4CC43)[C@@H]2C(=O)N1c1cccc(C(F)(F)F)c1. The van der Waals surface area contributed by atoms with Gasteiger partial charge in [-0.15, -0.1) is 0 Å². The van der Waals surface area contributed by atoms with Crippen LogP contribution >= 0.6 is 0 Å². The molecule has 6 atom stereocenters. The zero-order valence-corrected chi connectivity index (χ0v) is 12.8. The number of nitrogens with zero attached hydrogens (tertiary/aromatic N) is 1. The van der Waals surface area contributed by atoms with Crippen LogP contribution in [0.4, 0.5) is 18.9 Å². The second-order valence-corrected chi connectivity index (χ2v) is 7.58. The van der Waals surface area contributed by atoms with Crippen LogP contribution in [0.1, 0.15) is 24.8 Å². The number of hydrogen-bond acceptors (Lipinski definition) is 2. The average Bonchev–Trinajstić information content (AvgIpc) is 3.31. The number of imide groups is 1. The first-order valence-electron chi connectivity index (χ1n) is 8.43. The van der Waals surface area contributed by atoms with Crippen LogP contribution in [0.25, 0.3) is 0 Å². The highest BCUT2D eigenvalue weighted by Crippen LogP contribution is 2.68. The topological polar surface area (TPSA) is 37.4 Å². The number of carbonyl (C=O) groups is 2. The summed E-state index contributed by atoms with van der Waals surface area (Å²) in [5.74, 6) is 0.416. The van der Waals surface area contributed by atoms with Crippen LogP contribution in [-0.2, 0) is 15.8 Å². The number of carbonyl (C=O) groups excluding carboxylic acids is 2. The normalized spacial score (nSPS) is 39.9. The first kappa shape index (κ1) is 14.5. The molecule has 5 fully saturated rings. The molecular weight excluding hydrogens is 319 g/mol. The van der Waals surface area contributed by atoms with Crippen LogP contribution in [0.3, 0.4) is 0 Å². The van der Waals surface area contributed by atoms with Crippen LogP contribution in [0.5, 0.6) is 0 Å². The maximum absolute atomic E-state index is 12.9. The van der Waals surface area contributed by atoms with Crippen LogP contribution in [0, 0.1) is 35.5 Å². The van der Waals surface area contributed by atoms with Crippen molar-refractivity contribution >= 4 is 17.5 Å². The van der Waals surface area contributed by atoms with Gasteiger partial charge in [-0.25, -0.2) is 0 Å². The Morgan fingerprint density at radius 3 is 2.04 bits per heavy atom. The molecule has 0 spiro atoms. The van der Waals surface area contributed by atoms with Crippen molar-refractivity contribution in [3.05, 3.63) is 29.8 Å². The predicted molar refractivity (Wildman–Crippen MR) is 78.7 cm³/mol. The molecule has 1 heterocycles. The Hall–Kier alpha value is -1.85. The third kappa shape index (κ3) is 1.74. The van der Waals surface area contributed by atoms with Crippen molar-refractivity contribution in [2.24, 2.45) is 35.5 Å². The minimum absolute atomic E-state index is 0.0577. The van der Waals surface area contributed by atoms with Crippen molar-refractivity contribution in [2.75, 3.05) is 4.90 Å². The fourth-order valence-electron chi connectivity index (χ4n) is 5.61. The van der Waals surface area contributed by atoms with E-state index >= 15 is 0 Å². The first-order valence-corrected chi connectivity index (χ1v) is 8.43. The third-order valence-electron chi connectivity index (χ3n) is 6.58. The molecule has 0 radical (unpaired) electrons. The molecule has 126 valence electrons. The van der Waals surface area contributed by atoms with Crippen molar-refractivity contribution in [1.29, 1.82) is 0 Å². The lowest BCUT2D eigenvalue weighted by atomic mass is 9.59. The lowest BCUT2D eigenvalue weighted by molar-refractivity contribution is -0.137. The van der Waals surface area contributed by atoms with Gasteiger partial charge in [0.05, 0.1) is 23.1 Å². The van der Waals surface area contributed by atoms with Crippen LogP contribution in [0.15, 0.2) is 24.3 Å². The van der Waals surface area contributed by atoms with Gasteiger partial charge < -0.3 is 0 Å². The molecule has 0 N–H and O–H groups in total. The Kier molecular flexibility index (Phi) is 2.66. The lowest BCUT2D eigenvalue weighted by Gasteiger charge is -2.42. The van der Waals surface area contributed by atoms with E-state index in [2.05, 4.69) is 0 Å². The van der Waals surface area contributed by atoms with E-state index < -0.39 is 11.7 Å². The quantitative estimate of drug-likeness (QED) is 0.737. The molecule has 4 unspecified atom stereocenters. The van der Waals surface area contributed by atoms with Crippen molar-refractivity contribution in [3.63, 3.8) is 0 Å². The molecule has 1 aromatic carbocycles. The molecule has 2 amide bonds. The van der Waals surface area contributed by atoms with Crippen LogP contribution in [-0.4, -0.2) is 11.8 Å². The van der Waals surface area contributed by atoms with E-state index in [0.717, 1.165) is 36.3 Å². The van der Waals surface area contributed by atoms with Gasteiger partial charge in [-0.05, 0) is 61.1 Å². The van der Waals surface area contributed by atoms with Gasteiger partial charge in [0.1, 0.15) is 0 Å². The lowest BCUT2D eigenvalue weighted by Crippen LogP contribution is -2.43. The molecule has 0 aromatic heterocycles. The Balaban J connectivity index is 1.54. The van der Waals surface area contributed by atoms with Gasteiger partial charge in [-0.2, -0.15) is 13.2 Å². The van der Waals surface area contributed by atoms with Crippen molar-refractivity contribution in [1.82, 2.24) is 0 Å². The standard InChI is InChI=1S/C18H16F3NO2/c19-18(20,21)8-2-1-3-9(6-8)22-16(23)14-10-4-5-11(13-7-12(10)13)15(14)17(22)24/h1-3,6,10-15H,4-5,7H2/t10?,11?,12?,13?,14-,15+. The van der Waals surface area contributed by atoms with Gasteiger partial charge >= 0.3 is 6.18 Å². The monoisotopic (exact) mass is 335 g/mol. The summed E-state index contributed by atoms with van der Waals surface area (Å²) in [5.41, 5.74) is -0.774. The van der Waals surface area contributed by atoms with Crippen molar-refractivity contribution in [2.45, 2.75) is 25.4 Å². The third-order valence-corrected chi connectivity index (χ3v) is 6.58. The second kappa shape index (κ2) is 4.41. The molecule has 2 bridgehead atoms. The van der Waals surface area contributed by atoms with Gasteiger partial charge in [0.15, 0.2) is 0 Å². The van der Waals surface area contributed by atoms with E-state index in [4.69, 9.17) is 0 Å². The maximum atomic E-state index is 12.9. The van der Waals surface area contributed by atoms with Crippen molar-refractivity contribution < 1.29 is 22.8 Å². The summed E-state index contributed by atoms with van der Waals surface area (Å²) < 4.78 is 38.8. The highest BCUT2D eigenvalue weighted by Gasteiger charge is 2.68. The smallest absolute Gasteiger partial charge is 0.274 e. The summed E-state index contributed by atoms with van der Waals surface area (Å²) >= 11 is 0. The van der Waals surface area contributed by atoms with Gasteiger partial charge in [-0.3, -0.25) is 14.5 Å². The van der Waals surface area contributed by atoms with Gasteiger partial charge in [0, 0.05) is 0 Å². The number of fused-ring (bicyclic) bond motifs is 1. The largest absolute Gasteiger partial charge is 0.416 e. The Bertz CT molecular complexity index is 725. The Morgan fingerprint density at radius 1 is 0.917 bits per heavy atom. The number of hydrogen-bond donors (Lipinski definition) is 0. The summed E-state index contributed by atoms with van der Waals surface area (Å²) in [6, 6.07) is 4.55. The fourth-order valence-corrected chi connectivity index (χ4v) is 5.61. The molecular formula is C18H16F3NO2. The molecule has 4 saturated carbocycles. The summed E-state index contributed by atoms with van der Waals surface area (Å²) in [6.07, 6.45) is -1.42. The Labute approximate surface area is 136 Å². The van der Waals surface area contributed by atoms with Crippen LogP contribution in [0.2, 0.25) is 0 Å². The summed E-state index contributed by atoms with van der Waals surface area (Å²) in [6.45, 7) is 0. The van der Waals surface area contributed by atoms with E-state index in [0.29, 0.717) is 11.8 Å². The van der Waals surface area contributed by atoms with E-state index in [1.54, 1.807) is 0 Å². The molecule has 24 heavy (non-hydrogen) atoms. The zero-order valence-electron chi connectivity index (χ0n) is 12.8. The molecule has 4 aliphatic carbocycles. The Morgan fingerprint density at radius 2 is 1.50 bits per heavy atom. The molecule has 6 heteroatoms. The molecule has 5 aliphatic rings. The van der Waals surface area contributed by atoms with E-state index in [9.17, 15) is 22.8 Å². The number of halogens is 3. The van der Waals surface area contributed by atoms with Gasteiger partial charge in [-0.1, -0.05) is 6.07 Å². The zero-order chi connectivity index (χ0) is 16.8. The number of benzene rings is 1. The summed E-state index contributed by atoms with van der Waals surface area (Å²) in [5, 5.41) is 0. The van der Waals surface area contributed by atoms with E-state index in [-0.39, 0.29) is 41.2 Å². The molecule has 6 rings (SSSR count). The van der Waals surface area contributed by atoms with Gasteiger partial charge in [0.2, 0.25) is 11.8 Å². The highest BCUT2D eigenvalue weighted by molar-refractivity contribution is 6.22. The maximum Gasteiger partial charge on any atom is 0.416 e. The molecule has 1 aromatic rings. The van der Waals surface area contributed by atoms with Crippen LogP contribution < -0.4 is 4.90 Å². The van der Waals surface area contributed by atoms with E-state index in [1.165, 1.54) is 12.1 Å². The fraction of sp³-hybridized carbons (Fsp3) is 0.556. The summed E-state index contributed by atoms with van der Waals surface area (Å²) in [4.78, 5) is 26.8. The average molecular weight is 335 g/mol. The number of amides is 2. The first-order chi connectivity index (χ1) is 11.4. The second-order valence-electron chi connectivity index (χ2n) is 7.58. The van der Waals surface area contributed by atoms with Crippen molar-refractivity contribution in [3.8, 4) is 0 Å². The summed E-state index contributed by atoms with van der Waals surface area (Å²) in [7, 11) is 0. The van der Waals surface area contributed by atoms with E-state index in [1.807, 2.05) is 0 Å². The molecule has 3 nitrogen and oxygen atoms in total. The minimum atomic E-state index is -4.49. The molecule has 1 saturated heterocycles.